The van der Waals surface area contributed by atoms with E-state index in [0.29, 0.717) is 24.8 Å². The minimum atomic E-state index is -3.79. The molecule has 0 fully saturated rings. The number of pyridine rings is 1. The second-order valence-electron chi connectivity index (χ2n) is 7.55. The monoisotopic (exact) mass is 431 g/mol. The van der Waals surface area contributed by atoms with E-state index in [-0.39, 0.29) is 10.9 Å². The van der Waals surface area contributed by atoms with Crippen LogP contribution in [-0.4, -0.2) is 46.4 Å². The summed E-state index contributed by atoms with van der Waals surface area (Å²) in [5.74, 6) is -1.43. The van der Waals surface area contributed by atoms with Gasteiger partial charge in [-0.2, -0.15) is 4.31 Å². The van der Waals surface area contributed by atoms with Crippen LogP contribution in [0.3, 0.4) is 0 Å². The first-order chi connectivity index (χ1) is 14.2. The number of aromatic nitrogens is 2. The van der Waals surface area contributed by atoms with Gasteiger partial charge in [-0.25, -0.2) is 17.6 Å². The summed E-state index contributed by atoms with van der Waals surface area (Å²) in [6, 6.07) is 7.32. The molecular weight excluding hydrogens is 409 g/mol. The zero-order chi connectivity index (χ0) is 21.6. The topological polar surface area (TPSA) is 92.5 Å². The number of likely N-dealkylation sites (N-methyl/N-ethyl adjacent to an activating group) is 1. The number of halogens is 1. The van der Waals surface area contributed by atoms with Crippen LogP contribution in [0.5, 0.6) is 0 Å². The molecule has 0 spiro atoms. The van der Waals surface area contributed by atoms with E-state index in [2.05, 4.69) is 4.98 Å². The standard InChI is InChI=1S/C21H22FN3O4S/c1-13(21(26)27)25-18-10-7-15(12-17(18)20-19(25)4-3-11-23-20)24(2)30(28,29)16-8-5-14(22)6-9-16/h3-6,8-9,11,13,15H,7,10,12H2,1-2H3,(H,26,27). The molecule has 1 N–H and O–H groups in total. The third kappa shape index (κ3) is 3.27. The summed E-state index contributed by atoms with van der Waals surface area (Å²) in [7, 11) is -2.26. The van der Waals surface area contributed by atoms with Gasteiger partial charge in [-0.1, -0.05) is 0 Å². The fourth-order valence-electron chi connectivity index (χ4n) is 4.21. The van der Waals surface area contributed by atoms with Crippen molar-refractivity contribution in [2.24, 2.45) is 0 Å². The van der Waals surface area contributed by atoms with Crippen molar-refractivity contribution in [3.05, 3.63) is 59.7 Å². The highest BCUT2D eigenvalue weighted by atomic mass is 32.2. The first-order valence-corrected chi connectivity index (χ1v) is 11.1. The van der Waals surface area contributed by atoms with E-state index < -0.39 is 27.9 Å². The molecule has 9 heteroatoms. The lowest BCUT2D eigenvalue weighted by atomic mass is 9.92. The van der Waals surface area contributed by atoms with E-state index in [1.165, 1.54) is 23.5 Å². The summed E-state index contributed by atoms with van der Waals surface area (Å²) in [5.41, 5.74) is 3.22. The Hall–Kier alpha value is -2.78. The molecule has 0 saturated carbocycles. The van der Waals surface area contributed by atoms with Crippen LogP contribution in [0.25, 0.3) is 11.0 Å². The van der Waals surface area contributed by atoms with Crippen LogP contribution in [-0.2, 0) is 27.7 Å². The Morgan fingerprint density at radius 2 is 2.00 bits per heavy atom. The summed E-state index contributed by atoms with van der Waals surface area (Å²) in [5, 5.41) is 9.55. The van der Waals surface area contributed by atoms with Crippen molar-refractivity contribution in [2.75, 3.05) is 7.05 Å². The Bertz CT molecular complexity index is 1220. The molecule has 1 aliphatic carbocycles. The molecule has 1 aromatic carbocycles. The van der Waals surface area contributed by atoms with Crippen LogP contribution >= 0.6 is 0 Å². The molecule has 0 amide bonds. The van der Waals surface area contributed by atoms with Crippen LogP contribution < -0.4 is 0 Å². The molecule has 0 bridgehead atoms. The Morgan fingerprint density at radius 3 is 2.67 bits per heavy atom. The number of fused-ring (bicyclic) bond motifs is 3. The van der Waals surface area contributed by atoms with Gasteiger partial charge in [0, 0.05) is 30.5 Å². The van der Waals surface area contributed by atoms with Crippen molar-refractivity contribution in [1.29, 1.82) is 0 Å². The second kappa shape index (κ2) is 7.48. The van der Waals surface area contributed by atoms with Gasteiger partial charge in [-0.15, -0.1) is 0 Å². The Morgan fingerprint density at radius 1 is 1.30 bits per heavy atom. The zero-order valence-corrected chi connectivity index (χ0v) is 17.4. The van der Waals surface area contributed by atoms with E-state index in [0.717, 1.165) is 28.9 Å². The normalized spacial score (nSPS) is 17.8. The molecule has 2 heterocycles. The fourth-order valence-corrected chi connectivity index (χ4v) is 5.60. The maximum atomic E-state index is 13.2. The van der Waals surface area contributed by atoms with Crippen molar-refractivity contribution >= 4 is 27.0 Å². The SMILES string of the molecule is CC(C(=O)O)n1c2c(c3ncccc31)CC(N(C)S(=O)(=O)c1ccc(F)cc1)CC2. The van der Waals surface area contributed by atoms with Gasteiger partial charge in [0.25, 0.3) is 0 Å². The minimum absolute atomic E-state index is 0.0391. The maximum absolute atomic E-state index is 13.2. The highest BCUT2D eigenvalue weighted by Gasteiger charge is 2.35. The first kappa shape index (κ1) is 20.5. The highest BCUT2D eigenvalue weighted by Crippen LogP contribution is 2.35. The molecular formula is C21H22FN3O4S. The minimum Gasteiger partial charge on any atom is -0.480 e. The van der Waals surface area contributed by atoms with Crippen molar-refractivity contribution in [2.45, 2.75) is 43.2 Å². The van der Waals surface area contributed by atoms with E-state index in [4.69, 9.17) is 0 Å². The first-order valence-electron chi connectivity index (χ1n) is 9.65. The Labute approximate surface area is 173 Å². The van der Waals surface area contributed by atoms with Gasteiger partial charge < -0.3 is 9.67 Å². The van der Waals surface area contributed by atoms with E-state index >= 15 is 0 Å². The van der Waals surface area contributed by atoms with Gasteiger partial charge in [-0.05, 0) is 62.6 Å². The molecule has 2 unspecified atom stereocenters. The van der Waals surface area contributed by atoms with Gasteiger partial charge in [-0.3, -0.25) is 4.98 Å². The van der Waals surface area contributed by atoms with Gasteiger partial charge in [0.05, 0.1) is 15.9 Å². The number of hydrogen-bond acceptors (Lipinski definition) is 4. The number of nitrogens with zero attached hydrogens (tertiary/aromatic N) is 3. The number of rotatable bonds is 5. The number of carbonyl (C=O) groups is 1. The third-order valence-corrected chi connectivity index (χ3v) is 7.80. The smallest absolute Gasteiger partial charge is 0.326 e. The van der Waals surface area contributed by atoms with Gasteiger partial charge in [0.1, 0.15) is 11.9 Å². The van der Waals surface area contributed by atoms with Crippen LogP contribution in [0.2, 0.25) is 0 Å². The predicted octanol–water partition coefficient (Wildman–Crippen LogP) is 3.00. The molecule has 3 aromatic rings. The Kier molecular flexibility index (Phi) is 5.11. The number of hydrogen-bond donors (Lipinski definition) is 1. The average molecular weight is 431 g/mol. The van der Waals surface area contributed by atoms with Crippen LogP contribution in [0.4, 0.5) is 4.39 Å². The largest absolute Gasteiger partial charge is 0.480 e. The second-order valence-corrected chi connectivity index (χ2v) is 9.55. The van der Waals surface area contributed by atoms with Crippen molar-refractivity contribution < 1.29 is 22.7 Å². The van der Waals surface area contributed by atoms with Gasteiger partial charge in [0.15, 0.2) is 0 Å². The highest BCUT2D eigenvalue weighted by molar-refractivity contribution is 7.89. The third-order valence-electron chi connectivity index (χ3n) is 5.87. The fraction of sp³-hybridized carbons (Fsp3) is 0.333. The predicted molar refractivity (Wildman–Crippen MR) is 109 cm³/mol. The number of carboxylic acid groups (broad SMARTS) is 1. The molecule has 2 aromatic heterocycles. The number of aliphatic carboxylic acids is 1. The average Bonchev–Trinajstić information content (AvgIpc) is 3.06. The lowest BCUT2D eigenvalue weighted by molar-refractivity contribution is -0.140. The van der Waals surface area contributed by atoms with Gasteiger partial charge in [0.2, 0.25) is 10.0 Å². The summed E-state index contributed by atoms with van der Waals surface area (Å²) < 4.78 is 42.4. The van der Waals surface area contributed by atoms with Crippen LogP contribution in [0.1, 0.15) is 30.6 Å². The van der Waals surface area contributed by atoms with Crippen molar-refractivity contribution in [3.63, 3.8) is 0 Å². The summed E-state index contributed by atoms with van der Waals surface area (Å²) in [6.07, 6.45) is 3.17. The number of carboxylic acids is 1. The summed E-state index contributed by atoms with van der Waals surface area (Å²) in [6.45, 7) is 1.63. The van der Waals surface area contributed by atoms with Crippen LogP contribution in [0.15, 0.2) is 47.5 Å². The molecule has 0 aliphatic heterocycles. The lowest BCUT2D eigenvalue weighted by Gasteiger charge is -2.31. The number of sulfonamides is 1. The quantitative estimate of drug-likeness (QED) is 0.670. The Balaban J connectivity index is 1.72. The van der Waals surface area contributed by atoms with Gasteiger partial charge >= 0.3 is 5.97 Å². The molecule has 2 atom stereocenters. The number of benzene rings is 1. The lowest BCUT2D eigenvalue weighted by Crippen LogP contribution is -2.40. The molecule has 158 valence electrons. The maximum Gasteiger partial charge on any atom is 0.326 e. The summed E-state index contributed by atoms with van der Waals surface area (Å²) >= 11 is 0. The van der Waals surface area contributed by atoms with Crippen molar-refractivity contribution in [3.8, 4) is 0 Å². The summed E-state index contributed by atoms with van der Waals surface area (Å²) in [4.78, 5) is 16.2. The van der Waals surface area contributed by atoms with E-state index in [1.807, 2.05) is 6.07 Å². The molecule has 1 aliphatic rings. The molecule has 0 radical (unpaired) electrons. The molecule has 7 nitrogen and oxygen atoms in total. The zero-order valence-electron chi connectivity index (χ0n) is 16.6. The van der Waals surface area contributed by atoms with E-state index in [9.17, 15) is 22.7 Å². The van der Waals surface area contributed by atoms with E-state index in [1.54, 1.807) is 23.8 Å². The molecule has 4 rings (SSSR count). The van der Waals surface area contributed by atoms with Crippen LogP contribution in [0, 0.1) is 5.82 Å². The van der Waals surface area contributed by atoms with Crippen molar-refractivity contribution in [1.82, 2.24) is 13.9 Å². The molecule has 30 heavy (non-hydrogen) atoms. The molecule has 0 saturated heterocycles.